The van der Waals surface area contributed by atoms with E-state index in [0.717, 1.165) is 64.9 Å². The summed E-state index contributed by atoms with van der Waals surface area (Å²) in [6, 6.07) is 6.36. The maximum absolute atomic E-state index is 9.79. The molecule has 0 aliphatic carbocycles. The Hall–Kier alpha value is -1.96. The zero-order valence-corrected chi connectivity index (χ0v) is 14.0. The summed E-state index contributed by atoms with van der Waals surface area (Å²) < 4.78 is 5.46. The second-order valence-electron chi connectivity index (χ2n) is 6.47. The van der Waals surface area contributed by atoms with Crippen LogP contribution < -0.4 is 5.73 Å². The molecule has 2 heterocycles. The first-order valence-electron chi connectivity index (χ1n) is 8.21. The number of benzene rings is 1. The Morgan fingerprint density at radius 1 is 1.30 bits per heavy atom. The van der Waals surface area contributed by atoms with Gasteiger partial charge in [-0.15, -0.1) is 0 Å². The van der Waals surface area contributed by atoms with Gasteiger partial charge in [0, 0.05) is 36.3 Å². The highest BCUT2D eigenvalue weighted by atomic mass is 16.5. The summed E-state index contributed by atoms with van der Waals surface area (Å²) in [4.78, 5) is 4.93. The number of nitrogens with zero attached hydrogens (tertiary/aromatic N) is 2. The van der Waals surface area contributed by atoms with Crippen LogP contribution in [-0.2, 0) is 4.74 Å². The fraction of sp³-hybridized carbons (Fsp3) is 0.474. The van der Waals surface area contributed by atoms with Crippen molar-refractivity contribution in [2.45, 2.75) is 45.6 Å². The number of ether oxygens (including phenoxy) is 1. The first kappa shape index (κ1) is 15.9. The van der Waals surface area contributed by atoms with Crippen molar-refractivity contribution in [2.24, 2.45) is 5.73 Å². The van der Waals surface area contributed by atoms with Crippen molar-refractivity contribution in [1.82, 2.24) is 4.98 Å². The molecule has 1 aromatic heterocycles. The summed E-state index contributed by atoms with van der Waals surface area (Å²) in [7, 11) is 0. The Morgan fingerprint density at radius 3 is 2.61 bits per heavy atom. The monoisotopic (exact) mass is 309 g/mol. The van der Waals surface area contributed by atoms with Gasteiger partial charge in [-0.25, -0.2) is 0 Å². The zero-order chi connectivity index (χ0) is 16.6. The fourth-order valence-electron chi connectivity index (χ4n) is 3.69. The van der Waals surface area contributed by atoms with Gasteiger partial charge in [0.1, 0.15) is 6.07 Å². The quantitative estimate of drug-likeness (QED) is 0.919. The molecule has 2 N–H and O–H groups in total. The third kappa shape index (κ3) is 2.71. The van der Waals surface area contributed by atoms with Crippen molar-refractivity contribution >= 4 is 10.9 Å². The molecule has 1 unspecified atom stereocenters. The maximum atomic E-state index is 9.79. The highest BCUT2D eigenvalue weighted by molar-refractivity contribution is 5.90. The first-order valence-corrected chi connectivity index (χ1v) is 8.21. The van der Waals surface area contributed by atoms with Crippen LogP contribution in [0.5, 0.6) is 0 Å². The van der Waals surface area contributed by atoms with E-state index in [2.05, 4.69) is 12.1 Å². The summed E-state index contributed by atoms with van der Waals surface area (Å²) >= 11 is 0. The van der Waals surface area contributed by atoms with Gasteiger partial charge in [0.25, 0.3) is 0 Å². The third-order valence-electron chi connectivity index (χ3n) is 4.87. The topological polar surface area (TPSA) is 71.9 Å². The molecule has 1 saturated heterocycles. The highest BCUT2D eigenvalue weighted by Gasteiger charge is 2.24. The molecule has 0 spiro atoms. The van der Waals surface area contributed by atoms with Crippen molar-refractivity contribution < 1.29 is 4.74 Å². The Bertz CT molecular complexity index is 784. The Balaban J connectivity index is 2.30. The minimum Gasteiger partial charge on any atom is -0.381 e. The summed E-state index contributed by atoms with van der Waals surface area (Å²) in [6.45, 7) is 7.56. The third-order valence-corrected chi connectivity index (χ3v) is 4.87. The lowest BCUT2D eigenvalue weighted by atomic mass is 9.87. The van der Waals surface area contributed by atoms with Crippen LogP contribution in [-0.4, -0.2) is 18.2 Å². The molecule has 2 aromatic rings. The smallest absolute Gasteiger partial charge is 0.100 e. The summed E-state index contributed by atoms with van der Waals surface area (Å²) in [5.41, 5.74) is 12.0. The summed E-state index contributed by atoms with van der Waals surface area (Å²) in [6.07, 6.45) is 1.94. The Morgan fingerprint density at radius 2 is 2.00 bits per heavy atom. The van der Waals surface area contributed by atoms with E-state index >= 15 is 0 Å². The van der Waals surface area contributed by atoms with E-state index in [4.69, 9.17) is 15.5 Å². The molecule has 1 fully saturated rings. The first-order chi connectivity index (χ1) is 11.0. The molecule has 1 aliphatic rings. The number of rotatable bonds is 2. The average molecular weight is 309 g/mol. The molecule has 1 atom stereocenters. The number of aryl methyl sites for hydroxylation is 1. The van der Waals surface area contributed by atoms with Gasteiger partial charge in [-0.2, -0.15) is 5.26 Å². The van der Waals surface area contributed by atoms with Gasteiger partial charge in [0.05, 0.1) is 11.1 Å². The van der Waals surface area contributed by atoms with E-state index in [1.807, 2.05) is 26.8 Å². The van der Waals surface area contributed by atoms with E-state index < -0.39 is 0 Å². The molecule has 4 heteroatoms. The van der Waals surface area contributed by atoms with Gasteiger partial charge in [-0.1, -0.05) is 6.07 Å². The number of pyridine rings is 1. The number of hydrogen-bond donors (Lipinski definition) is 1. The van der Waals surface area contributed by atoms with E-state index in [-0.39, 0.29) is 6.04 Å². The van der Waals surface area contributed by atoms with Crippen LogP contribution in [0.1, 0.15) is 59.7 Å². The molecule has 0 amide bonds. The van der Waals surface area contributed by atoms with Crippen LogP contribution in [0.15, 0.2) is 12.1 Å². The van der Waals surface area contributed by atoms with Gasteiger partial charge in [0.15, 0.2) is 0 Å². The van der Waals surface area contributed by atoms with Crippen LogP contribution in [0.3, 0.4) is 0 Å². The van der Waals surface area contributed by atoms with Crippen LogP contribution in [0.4, 0.5) is 0 Å². The molecule has 0 bridgehead atoms. The van der Waals surface area contributed by atoms with E-state index in [1.54, 1.807) is 0 Å². The van der Waals surface area contributed by atoms with Gasteiger partial charge < -0.3 is 10.5 Å². The largest absolute Gasteiger partial charge is 0.381 e. The predicted octanol–water partition coefficient (Wildman–Crippen LogP) is 3.64. The molecule has 0 radical (unpaired) electrons. The van der Waals surface area contributed by atoms with Crippen LogP contribution in [0.2, 0.25) is 0 Å². The van der Waals surface area contributed by atoms with Gasteiger partial charge in [0.2, 0.25) is 0 Å². The fourth-order valence-corrected chi connectivity index (χ4v) is 3.69. The van der Waals surface area contributed by atoms with Gasteiger partial charge in [-0.05, 0) is 56.4 Å². The molecule has 3 rings (SSSR count). The highest BCUT2D eigenvalue weighted by Crippen LogP contribution is 2.35. The van der Waals surface area contributed by atoms with Crippen molar-refractivity contribution in [2.75, 3.05) is 13.2 Å². The SMILES string of the molecule is Cc1ccc2nc(C3CCOCC3)c(C)c(C#N)c2c1C(C)N. The van der Waals surface area contributed by atoms with Crippen molar-refractivity contribution in [3.63, 3.8) is 0 Å². The lowest BCUT2D eigenvalue weighted by molar-refractivity contribution is 0.0844. The minimum absolute atomic E-state index is 0.124. The number of aromatic nitrogens is 1. The Kier molecular flexibility index (Phi) is 4.34. The molecular formula is C19H23N3O. The lowest BCUT2D eigenvalue weighted by Crippen LogP contribution is -2.17. The Labute approximate surface area is 137 Å². The average Bonchev–Trinajstić information content (AvgIpc) is 2.55. The molecule has 4 nitrogen and oxygen atoms in total. The number of hydrogen-bond acceptors (Lipinski definition) is 4. The number of fused-ring (bicyclic) bond motifs is 1. The standard InChI is InChI=1S/C19H23N3O/c1-11-4-5-16-18(17(11)13(3)21)15(10-20)12(2)19(22-16)14-6-8-23-9-7-14/h4-5,13-14H,6-9,21H2,1-3H3. The molecule has 1 aromatic carbocycles. The molecule has 1 aliphatic heterocycles. The van der Waals surface area contributed by atoms with Gasteiger partial charge >= 0.3 is 0 Å². The number of nitrogens with two attached hydrogens (primary N) is 1. The van der Waals surface area contributed by atoms with Crippen molar-refractivity contribution in [1.29, 1.82) is 5.26 Å². The second kappa shape index (κ2) is 6.27. The van der Waals surface area contributed by atoms with Gasteiger partial charge in [-0.3, -0.25) is 4.98 Å². The lowest BCUT2D eigenvalue weighted by Gasteiger charge is -2.25. The maximum Gasteiger partial charge on any atom is 0.100 e. The molecule has 0 saturated carbocycles. The van der Waals surface area contributed by atoms with Crippen LogP contribution >= 0.6 is 0 Å². The van der Waals surface area contributed by atoms with E-state index in [9.17, 15) is 5.26 Å². The minimum atomic E-state index is -0.124. The summed E-state index contributed by atoms with van der Waals surface area (Å²) in [5, 5.41) is 10.7. The van der Waals surface area contributed by atoms with Crippen LogP contribution in [0.25, 0.3) is 10.9 Å². The molecular weight excluding hydrogens is 286 g/mol. The van der Waals surface area contributed by atoms with E-state index in [0.29, 0.717) is 5.92 Å². The zero-order valence-electron chi connectivity index (χ0n) is 14.0. The molecule has 120 valence electrons. The van der Waals surface area contributed by atoms with E-state index in [1.165, 1.54) is 0 Å². The van der Waals surface area contributed by atoms with Crippen molar-refractivity contribution in [3.05, 3.63) is 40.1 Å². The molecule has 23 heavy (non-hydrogen) atoms. The second-order valence-corrected chi connectivity index (χ2v) is 6.47. The van der Waals surface area contributed by atoms with Crippen molar-refractivity contribution in [3.8, 4) is 6.07 Å². The van der Waals surface area contributed by atoms with Crippen LogP contribution in [0, 0.1) is 25.2 Å². The number of nitriles is 1. The normalized spacial score (nSPS) is 17.2. The predicted molar refractivity (Wildman–Crippen MR) is 91.3 cm³/mol. The summed E-state index contributed by atoms with van der Waals surface area (Å²) in [5.74, 6) is 0.375.